The maximum absolute atomic E-state index is 9.69. The first-order chi connectivity index (χ1) is 12.3. The number of ether oxygens (including phenoxy) is 1. The highest BCUT2D eigenvalue weighted by atomic mass is 16.5. The monoisotopic (exact) mass is 335 g/mol. The molecule has 7 nitrogen and oxygen atoms in total. The van der Waals surface area contributed by atoms with Gasteiger partial charge in [0.2, 0.25) is 0 Å². The fourth-order valence-electron chi connectivity index (χ4n) is 2.15. The summed E-state index contributed by atoms with van der Waals surface area (Å²) in [6.45, 7) is 2.32. The second-order valence-corrected chi connectivity index (χ2v) is 5.06. The van der Waals surface area contributed by atoms with Gasteiger partial charge in [-0.3, -0.25) is 0 Å². The summed E-state index contributed by atoms with van der Waals surface area (Å²) < 4.78 is 5.34. The van der Waals surface area contributed by atoms with Crippen molar-refractivity contribution < 1.29 is 9.84 Å². The van der Waals surface area contributed by atoms with Gasteiger partial charge in [0, 0.05) is 5.56 Å². The number of aromatic nitrogens is 3. The smallest absolute Gasteiger partial charge is 0.263 e. The number of hydrogen-bond acceptors (Lipinski definition) is 7. The molecular weight excluding hydrogens is 318 g/mol. The average Bonchev–Trinajstić information content (AvgIpc) is 2.65. The summed E-state index contributed by atoms with van der Waals surface area (Å²) in [5, 5.41) is 21.6. The zero-order valence-electron chi connectivity index (χ0n) is 13.6. The second-order valence-electron chi connectivity index (χ2n) is 5.06. The number of nitrogens with zero attached hydrogens (tertiary/aromatic N) is 4. The summed E-state index contributed by atoms with van der Waals surface area (Å²) in [4.78, 5) is 4.37. The normalized spacial score (nSPS) is 10.8. The lowest BCUT2D eigenvalue weighted by molar-refractivity contribution is 0.318. The van der Waals surface area contributed by atoms with Crippen LogP contribution in [0.1, 0.15) is 12.5 Å². The molecule has 0 aliphatic rings. The van der Waals surface area contributed by atoms with Crippen molar-refractivity contribution in [2.75, 3.05) is 12.0 Å². The molecule has 0 aliphatic heterocycles. The van der Waals surface area contributed by atoms with Crippen molar-refractivity contribution in [1.82, 2.24) is 15.2 Å². The Morgan fingerprint density at radius 1 is 1.20 bits per heavy atom. The third-order valence-corrected chi connectivity index (χ3v) is 3.29. The van der Waals surface area contributed by atoms with Gasteiger partial charge in [0.25, 0.3) is 5.95 Å². The van der Waals surface area contributed by atoms with E-state index in [4.69, 9.17) is 4.74 Å². The van der Waals surface area contributed by atoms with Gasteiger partial charge < -0.3 is 9.84 Å². The number of benzene rings is 2. The number of aromatic hydroxyl groups is 1. The van der Waals surface area contributed by atoms with E-state index in [0.717, 1.165) is 11.1 Å². The highest BCUT2D eigenvalue weighted by Crippen LogP contribution is 2.26. The number of phenols is 1. The second kappa shape index (κ2) is 7.87. The average molecular weight is 335 g/mol. The van der Waals surface area contributed by atoms with Crippen LogP contribution in [0.3, 0.4) is 0 Å². The lowest BCUT2D eigenvalue weighted by atomic mass is 10.2. The minimum absolute atomic E-state index is 0.0926. The van der Waals surface area contributed by atoms with Gasteiger partial charge in [-0.05, 0) is 30.7 Å². The van der Waals surface area contributed by atoms with Crippen LogP contribution in [0.25, 0.3) is 11.3 Å². The van der Waals surface area contributed by atoms with Gasteiger partial charge in [-0.15, -0.1) is 5.10 Å². The SMILES string of the molecule is CCOc1cc(/C=N/Nc2nncc(-c3ccccc3)n2)ccc1O. The van der Waals surface area contributed by atoms with E-state index in [1.807, 2.05) is 37.3 Å². The highest BCUT2D eigenvalue weighted by Gasteiger charge is 2.03. The van der Waals surface area contributed by atoms with Crippen molar-refractivity contribution in [2.24, 2.45) is 5.10 Å². The summed E-state index contributed by atoms with van der Waals surface area (Å²) >= 11 is 0. The van der Waals surface area contributed by atoms with E-state index in [1.165, 1.54) is 0 Å². The van der Waals surface area contributed by atoms with Crippen LogP contribution in [0.4, 0.5) is 5.95 Å². The van der Waals surface area contributed by atoms with Gasteiger partial charge in [-0.1, -0.05) is 30.3 Å². The Morgan fingerprint density at radius 2 is 2.04 bits per heavy atom. The van der Waals surface area contributed by atoms with Crippen molar-refractivity contribution in [3.63, 3.8) is 0 Å². The van der Waals surface area contributed by atoms with Crippen LogP contribution in [-0.4, -0.2) is 33.1 Å². The van der Waals surface area contributed by atoms with Crippen LogP contribution in [0, 0.1) is 0 Å². The van der Waals surface area contributed by atoms with E-state index in [-0.39, 0.29) is 5.75 Å². The molecule has 0 radical (unpaired) electrons. The summed E-state index contributed by atoms with van der Waals surface area (Å²) in [7, 11) is 0. The minimum Gasteiger partial charge on any atom is -0.504 e. The molecular formula is C18H17N5O2. The number of rotatable bonds is 6. The van der Waals surface area contributed by atoms with E-state index < -0.39 is 0 Å². The molecule has 126 valence electrons. The fourth-order valence-corrected chi connectivity index (χ4v) is 2.15. The fraction of sp³-hybridized carbons (Fsp3) is 0.111. The summed E-state index contributed by atoms with van der Waals surface area (Å²) in [5.74, 6) is 0.798. The molecule has 0 unspecified atom stereocenters. The van der Waals surface area contributed by atoms with Gasteiger partial charge in [-0.2, -0.15) is 10.2 Å². The molecule has 0 amide bonds. The molecule has 0 atom stereocenters. The summed E-state index contributed by atoms with van der Waals surface area (Å²) in [6, 6.07) is 14.7. The van der Waals surface area contributed by atoms with Gasteiger partial charge in [-0.25, -0.2) is 10.4 Å². The Balaban J connectivity index is 1.71. The van der Waals surface area contributed by atoms with Gasteiger partial charge in [0.15, 0.2) is 11.5 Å². The molecule has 0 saturated carbocycles. The van der Waals surface area contributed by atoms with E-state index in [0.29, 0.717) is 24.0 Å². The van der Waals surface area contributed by atoms with Crippen molar-refractivity contribution >= 4 is 12.2 Å². The third-order valence-electron chi connectivity index (χ3n) is 3.29. The van der Waals surface area contributed by atoms with E-state index in [9.17, 15) is 5.11 Å². The van der Waals surface area contributed by atoms with Gasteiger partial charge in [0.05, 0.1) is 24.7 Å². The molecule has 25 heavy (non-hydrogen) atoms. The molecule has 7 heteroatoms. The number of phenolic OH excluding ortho intramolecular Hbond substituents is 1. The zero-order chi connectivity index (χ0) is 17.5. The number of hydrogen-bond donors (Lipinski definition) is 2. The van der Waals surface area contributed by atoms with E-state index >= 15 is 0 Å². The van der Waals surface area contributed by atoms with Crippen LogP contribution < -0.4 is 10.2 Å². The van der Waals surface area contributed by atoms with Crippen molar-refractivity contribution in [3.05, 3.63) is 60.3 Å². The predicted octanol–water partition coefficient (Wildman–Crippen LogP) is 3.09. The molecule has 2 N–H and O–H groups in total. The van der Waals surface area contributed by atoms with Crippen LogP contribution >= 0.6 is 0 Å². The van der Waals surface area contributed by atoms with Crippen molar-refractivity contribution in [1.29, 1.82) is 0 Å². The zero-order valence-corrected chi connectivity index (χ0v) is 13.6. The van der Waals surface area contributed by atoms with Crippen molar-refractivity contribution in [2.45, 2.75) is 6.92 Å². The Labute approximate surface area is 145 Å². The van der Waals surface area contributed by atoms with Gasteiger partial charge in [0.1, 0.15) is 0 Å². The predicted molar refractivity (Wildman–Crippen MR) is 95.8 cm³/mol. The third kappa shape index (κ3) is 4.29. The Kier molecular flexibility index (Phi) is 5.16. The highest BCUT2D eigenvalue weighted by molar-refractivity contribution is 5.81. The summed E-state index contributed by atoms with van der Waals surface area (Å²) in [5.41, 5.74) is 5.17. The van der Waals surface area contributed by atoms with Crippen LogP contribution in [0.2, 0.25) is 0 Å². The largest absolute Gasteiger partial charge is 0.504 e. The molecule has 0 bridgehead atoms. The Bertz CT molecular complexity index is 868. The first-order valence-corrected chi connectivity index (χ1v) is 7.76. The number of nitrogens with one attached hydrogen (secondary N) is 1. The molecule has 3 rings (SSSR count). The maximum atomic E-state index is 9.69. The summed E-state index contributed by atoms with van der Waals surface area (Å²) in [6.07, 6.45) is 3.18. The standard InChI is InChI=1S/C18H17N5O2/c1-2-25-17-10-13(8-9-16(17)24)11-19-22-18-21-15(12-20-23-18)14-6-4-3-5-7-14/h3-12,24H,2H2,1H3,(H,21,22,23)/b19-11+. The van der Waals surface area contributed by atoms with Crippen LogP contribution in [0.5, 0.6) is 11.5 Å². The van der Waals surface area contributed by atoms with Crippen molar-refractivity contribution in [3.8, 4) is 22.8 Å². The lowest BCUT2D eigenvalue weighted by Gasteiger charge is -2.06. The molecule has 3 aromatic rings. The van der Waals surface area contributed by atoms with E-state index in [2.05, 4.69) is 25.7 Å². The van der Waals surface area contributed by atoms with Gasteiger partial charge >= 0.3 is 0 Å². The van der Waals surface area contributed by atoms with Crippen LogP contribution in [0.15, 0.2) is 59.8 Å². The Hall–Kier alpha value is -3.48. The first kappa shape index (κ1) is 16.4. The topological polar surface area (TPSA) is 92.5 Å². The molecule has 0 spiro atoms. The molecule has 1 aromatic heterocycles. The lowest BCUT2D eigenvalue weighted by Crippen LogP contribution is -2.00. The maximum Gasteiger partial charge on any atom is 0.263 e. The quantitative estimate of drug-likeness (QED) is 0.531. The van der Waals surface area contributed by atoms with E-state index in [1.54, 1.807) is 30.6 Å². The number of hydrazone groups is 1. The first-order valence-electron chi connectivity index (χ1n) is 7.76. The van der Waals surface area contributed by atoms with Crippen LogP contribution in [-0.2, 0) is 0 Å². The number of anilines is 1. The Morgan fingerprint density at radius 3 is 2.84 bits per heavy atom. The molecule has 2 aromatic carbocycles. The molecule has 1 heterocycles. The molecule has 0 aliphatic carbocycles. The molecule has 0 fully saturated rings. The minimum atomic E-state index is 0.0926. The molecule has 0 saturated heterocycles.